The Balaban J connectivity index is 1.74. The maximum Gasteiger partial charge on any atom is 0.209 e. The third kappa shape index (κ3) is 4.24. The zero-order chi connectivity index (χ0) is 12.8. The molecule has 5 nitrogen and oxygen atoms in total. The number of rotatable bonds is 9. The minimum absolute atomic E-state index is 0.752. The zero-order valence-electron chi connectivity index (χ0n) is 11.3. The highest BCUT2D eigenvalue weighted by molar-refractivity contribution is 7.99. The molecule has 1 heterocycles. The van der Waals surface area contributed by atoms with Gasteiger partial charge < -0.3 is 5.32 Å². The van der Waals surface area contributed by atoms with Crippen molar-refractivity contribution in [2.24, 2.45) is 5.92 Å². The number of hydrogen-bond donors (Lipinski definition) is 1. The summed E-state index contributed by atoms with van der Waals surface area (Å²) in [6.45, 7) is 6.33. The first-order chi connectivity index (χ1) is 8.83. The number of thioether (sulfide) groups is 1. The first-order valence-corrected chi connectivity index (χ1v) is 7.94. The third-order valence-corrected chi connectivity index (χ3v) is 4.62. The molecule has 1 saturated carbocycles. The van der Waals surface area contributed by atoms with E-state index in [4.69, 9.17) is 0 Å². The summed E-state index contributed by atoms with van der Waals surface area (Å²) in [7, 11) is 0. The molecule has 1 aromatic heterocycles. The normalized spacial score (nSPS) is 15.5. The summed E-state index contributed by atoms with van der Waals surface area (Å²) in [5.41, 5.74) is 0. The summed E-state index contributed by atoms with van der Waals surface area (Å²) in [5.74, 6) is 1.88. The van der Waals surface area contributed by atoms with E-state index in [1.54, 1.807) is 11.8 Å². The topological polar surface area (TPSA) is 55.6 Å². The van der Waals surface area contributed by atoms with Gasteiger partial charge in [-0.3, -0.25) is 0 Å². The lowest BCUT2D eigenvalue weighted by atomic mass is 10.1. The van der Waals surface area contributed by atoms with E-state index in [0.717, 1.165) is 36.0 Å². The molecule has 102 valence electrons. The van der Waals surface area contributed by atoms with Crippen LogP contribution in [0.1, 0.15) is 39.5 Å². The van der Waals surface area contributed by atoms with Crippen LogP contribution in [0.4, 0.5) is 0 Å². The fourth-order valence-corrected chi connectivity index (χ4v) is 3.05. The molecule has 1 aromatic rings. The second kappa shape index (κ2) is 7.09. The fraction of sp³-hybridized carbons (Fsp3) is 0.917. The second-order valence-corrected chi connectivity index (χ2v) is 5.89. The number of hydrogen-bond acceptors (Lipinski definition) is 5. The van der Waals surface area contributed by atoms with E-state index in [0.29, 0.717) is 0 Å². The van der Waals surface area contributed by atoms with E-state index in [-0.39, 0.29) is 0 Å². The van der Waals surface area contributed by atoms with Gasteiger partial charge in [0.05, 0.1) is 6.54 Å². The van der Waals surface area contributed by atoms with Gasteiger partial charge in [0.15, 0.2) is 0 Å². The Hall–Kier alpha value is -0.620. The lowest BCUT2D eigenvalue weighted by Gasteiger charge is -2.11. The molecule has 0 amide bonds. The van der Waals surface area contributed by atoms with Crippen LogP contribution in [0, 0.1) is 5.92 Å². The highest BCUT2D eigenvalue weighted by Crippen LogP contribution is 2.21. The Morgan fingerprint density at radius 1 is 1.39 bits per heavy atom. The van der Waals surface area contributed by atoms with Crippen LogP contribution in [0.5, 0.6) is 0 Å². The molecule has 1 N–H and O–H groups in total. The van der Waals surface area contributed by atoms with Crippen molar-refractivity contribution in [1.29, 1.82) is 0 Å². The van der Waals surface area contributed by atoms with Crippen molar-refractivity contribution in [2.45, 2.75) is 57.3 Å². The Kier molecular flexibility index (Phi) is 5.44. The molecule has 1 aliphatic rings. The van der Waals surface area contributed by atoms with Gasteiger partial charge in [0.25, 0.3) is 0 Å². The molecular weight excluding hydrogens is 246 g/mol. The summed E-state index contributed by atoms with van der Waals surface area (Å²) in [4.78, 5) is 0. The molecule has 0 aliphatic heterocycles. The van der Waals surface area contributed by atoms with Gasteiger partial charge >= 0.3 is 0 Å². The third-order valence-electron chi connectivity index (χ3n) is 3.44. The van der Waals surface area contributed by atoms with E-state index >= 15 is 0 Å². The smallest absolute Gasteiger partial charge is 0.209 e. The SMILES string of the molecule is CCC(CC)CSc1nnnn1CCNC1CC1. The average molecular weight is 269 g/mol. The van der Waals surface area contributed by atoms with Gasteiger partial charge in [-0.1, -0.05) is 38.5 Å². The molecule has 0 radical (unpaired) electrons. The molecule has 0 bridgehead atoms. The van der Waals surface area contributed by atoms with Crippen LogP contribution >= 0.6 is 11.8 Å². The van der Waals surface area contributed by atoms with E-state index in [1.807, 2.05) is 4.68 Å². The minimum atomic E-state index is 0.752. The molecule has 6 heteroatoms. The van der Waals surface area contributed by atoms with Crippen LogP contribution in [-0.2, 0) is 6.54 Å². The van der Waals surface area contributed by atoms with Gasteiger partial charge in [0.2, 0.25) is 5.16 Å². The van der Waals surface area contributed by atoms with Crippen LogP contribution < -0.4 is 5.32 Å². The van der Waals surface area contributed by atoms with Crippen molar-refractivity contribution < 1.29 is 0 Å². The Labute approximate surface area is 113 Å². The van der Waals surface area contributed by atoms with Gasteiger partial charge in [-0.2, -0.15) is 0 Å². The summed E-state index contributed by atoms with van der Waals surface area (Å²) in [5, 5.41) is 16.4. The van der Waals surface area contributed by atoms with Gasteiger partial charge in [-0.25, -0.2) is 4.68 Å². The highest BCUT2D eigenvalue weighted by atomic mass is 32.2. The van der Waals surface area contributed by atoms with Gasteiger partial charge in [0.1, 0.15) is 0 Å². The maximum atomic E-state index is 4.11. The van der Waals surface area contributed by atoms with E-state index in [9.17, 15) is 0 Å². The monoisotopic (exact) mass is 269 g/mol. The zero-order valence-corrected chi connectivity index (χ0v) is 12.1. The quantitative estimate of drug-likeness (QED) is 0.694. The predicted octanol–water partition coefficient (Wildman–Crippen LogP) is 1.95. The van der Waals surface area contributed by atoms with Crippen molar-refractivity contribution in [2.75, 3.05) is 12.3 Å². The van der Waals surface area contributed by atoms with E-state index in [1.165, 1.54) is 25.7 Å². The number of tetrazole rings is 1. The number of aromatic nitrogens is 4. The fourth-order valence-electron chi connectivity index (χ4n) is 1.82. The second-order valence-electron chi connectivity index (χ2n) is 4.91. The molecule has 0 saturated heterocycles. The van der Waals surface area contributed by atoms with Crippen molar-refractivity contribution in [3.05, 3.63) is 0 Å². The van der Waals surface area contributed by atoms with Crippen LogP contribution in [0.3, 0.4) is 0 Å². The highest BCUT2D eigenvalue weighted by Gasteiger charge is 2.20. The molecule has 0 atom stereocenters. The largest absolute Gasteiger partial charge is 0.312 e. The number of nitrogens with one attached hydrogen (secondary N) is 1. The minimum Gasteiger partial charge on any atom is -0.312 e. The molecule has 0 unspecified atom stereocenters. The van der Waals surface area contributed by atoms with Crippen molar-refractivity contribution in [1.82, 2.24) is 25.5 Å². The summed E-state index contributed by atoms with van der Waals surface area (Å²) >= 11 is 1.78. The average Bonchev–Trinajstić information content (AvgIpc) is 3.10. The van der Waals surface area contributed by atoms with E-state index < -0.39 is 0 Å². The Morgan fingerprint density at radius 3 is 2.83 bits per heavy atom. The lowest BCUT2D eigenvalue weighted by molar-refractivity contribution is 0.507. The molecule has 2 rings (SSSR count). The van der Waals surface area contributed by atoms with Gasteiger partial charge in [-0.15, -0.1) is 5.10 Å². The standard InChI is InChI=1S/C12H23N5S/c1-3-10(4-2)9-18-12-14-15-16-17(12)8-7-13-11-5-6-11/h10-11,13H,3-9H2,1-2H3. The van der Waals surface area contributed by atoms with Crippen molar-refractivity contribution in [3.63, 3.8) is 0 Å². The summed E-state index contributed by atoms with van der Waals surface area (Å²) < 4.78 is 1.92. The summed E-state index contributed by atoms with van der Waals surface area (Å²) in [6.07, 6.45) is 5.11. The molecule has 0 aromatic carbocycles. The Morgan fingerprint density at radius 2 is 2.17 bits per heavy atom. The molecule has 18 heavy (non-hydrogen) atoms. The van der Waals surface area contributed by atoms with Gasteiger partial charge in [-0.05, 0) is 29.2 Å². The molecule has 0 spiro atoms. The molecular formula is C12H23N5S. The molecule has 1 fully saturated rings. The van der Waals surface area contributed by atoms with E-state index in [2.05, 4.69) is 34.7 Å². The maximum absolute atomic E-state index is 4.11. The van der Waals surface area contributed by atoms with Crippen LogP contribution in [-0.4, -0.2) is 38.5 Å². The van der Waals surface area contributed by atoms with Crippen LogP contribution in [0.15, 0.2) is 5.16 Å². The lowest BCUT2D eigenvalue weighted by Crippen LogP contribution is -2.22. The first-order valence-electron chi connectivity index (χ1n) is 6.95. The van der Waals surface area contributed by atoms with Gasteiger partial charge in [0, 0.05) is 18.3 Å². The van der Waals surface area contributed by atoms with Crippen molar-refractivity contribution >= 4 is 11.8 Å². The Bertz CT molecular complexity index is 346. The number of nitrogens with zero attached hydrogens (tertiary/aromatic N) is 4. The van der Waals surface area contributed by atoms with Crippen molar-refractivity contribution in [3.8, 4) is 0 Å². The predicted molar refractivity (Wildman–Crippen MR) is 73.6 cm³/mol. The van der Waals surface area contributed by atoms with Crippen LogP contribution in [0.2, 0.25) is 0 Å². The van der Waals surface area contributed by atoms with Crippen LogP contribution in [0.25, 0.3) is 0 Å². The summed E-state index contributed by atoms with van der Waals surface area (Å²) in [6, 6.07) is 0.752. The molecule has 1 aliphatic carbocycles. The first kappa shape index (κ1) is 13.8.